The van der Waals surface area contributed by atoms with Crippen LogP contribution in [-0.4, -0.2) is 25.7 Å². The highest BCUT2D eigenvalue weighted by atomic mass is 32.1. The second-order valence-electron chi connectivity index (χ2n) is 8.39. The van der Waals surface area contributed by atoms with Crippen molar-refractivity contribution in [3.05, 3.63) is 83.5 Å². The second-order valence-corrected chi connectivity index (χ2v) is 10.4. The Hall–Kier alpha value is -3.88. The van der Waals surface area contributed by atoms with Gasteiger partial charge < -0.3 is 5.32 Å². The number of nitrogens with one attached hydrogen (secondary N) is 1. The van der Waals surface area contributed by atoms with Crippen LogP contribution >= 0.6 is 22.7 Å². The third kappa shape index (κ3) is 4.11. The minimum Gasteiger partial charge on any atom is -0.324 e. The van der Waals surface area contributed by atoms with E-state index >= 15 is 0 Å². The lowest BCUT2D eigenvalue weighted by Gasteiger charge is -2.07. The van der Waals surface area contributed by atoms with Crippen LogP contribution in [0.2, 0.25) is 0 Å². The molecule has 6 aromatic rings. The number of pyridine rings is 1. The fourth-order valence-electron chi connectivity index (χ4n) is 4.22. The topological polar surface area (TPSA) is 72.7 Å². The Morgan fingerprint density at radius 1 is 1.06 bits per heavy atom. The van der Waals surface area contributed by atoms with Gasteiger partial charge in [0.05, 0.1) is 21.3 Å². The van der Waals surface area contributed by atoms with Crippen molar-refractivity contribution in [2.75, 3.05) is 5.32 Å². The summed E-state index contributed by atoms with van der Waals surface area (Å²) in [6.45, 7) is 4.13. The SMILES string of the molecule is Cc1ccc2nc(-c3ccc(NC(=O)Cn4nc(C)c5c(-c6cccs6)ccnc54)cc3)sc2c1. The molecule has 4 heterocycles. The zero-order chi connectivity index (χ0) is 23.9. The Morgan fingerprint density at radius 2 is 1.91 bits per heavy atom. The van der Waals surface area contributed by atoms with Gasteiger partial charge in [0.15, 0.2) is 5.65 Å². The quantitative estimate of drug-likeness (QED) is 0.289. The van der Waals surface area contributed by atoms with Crippen LogP contribution in [0.5, 0.6) is 0 Å². The van der Waals surface area contributed by atoms with Gasteiger partial charge in [0.1, 0.15) is 11.6 Å². The minimum atomic E-state index is -0.152. The number of hydrogen-bond donors (Lipinski definition) is 1. The van der Waals surface area contributed by atoms with Crippen molar-refractivity contribution in [3.63, 3.8) is 0 Å². The van der Waals surface area contributed by atoms with Crippen LogP contribution in [0.1, 0.15) is 11.3 Å². The van der Waals surface area contributed by atoms with Crippen LogP contribution in [0.3, 0.4) is 0 Å². The fraction of sp³-hybridized carbons (Fsp3) is 0.111. The van der Waals surface area contributed by atoms with Crippen molar-refractivity contribution < 1.29 is 4.79 Å². The summed E-state index contributed by atoms with van der Waals surface area (Å²) in [5.74, 6) is -0.152. The molecule has 6 nitrogen and oxygen atoms in total. The summed E-state index contributed by atoms with van der Waals surface area (Å²) in [5.41, 5.74) is 6.66. The number of rotatable bonds is 5. The molecule has 0 saturated heterocycles. The van der Waals surface area contributed by atoms with E-state index in [9.17, 15) is 4.79 Å². The molecule has 4 aromatic heterocycles. The lowest BCUT2D eigenvalue weighted by atomic mass is 10.1. The number of amides is 1. The number of nitrogens with zero attached hydrogens (tertiary/aromatic N) is 4. The van der Waals surface area contributed by atoms with Crippen molar-refractivity contribution >= 4 is 55.5 Å². The van der Waals surface area contributed by atoms with Crippen molar-refractivity contribution in [2.45, 2.75) is 20.4 Å². The van der Waals surface area contributed by atoms with E-state index in [0.29, 0.717) is 5.65 Å². The largest absolute Gasteiger partial charge is 0.324 e. The molecule has 0 saturated carbocycles. The van der Waals surface area contributed by atoms with Gasteiger partial charge in [-0.1, -0.05) is 12.1 Å². The van der Waals surface area contributed by atoms with Gasteiger partial charge in [-0.15, -0.1) is 22.7 Å². The summed E-state index contributed by atoms with van der Waals surface area (Å²) in [7, 11) is 0. The maximum Gasteiger partial charge on any atom is 0.246 e. The Kier molecular flexibility index (Phi) is 5.39. The molecule has 0 unspecified atom stereocenters. The smallest absolute Gasteiger partial charge is 0.246 e. The van der Waals surface area contributed by atoms with E-state index < -0.39 is 0 Å². The lowest BCUT2D eigenvalue weighted by molar-refractivity contribution is -0.116. The Bertz CT molecular complexity index is 1680. The van der Waals surface area contributed by atoms with E-state index in [1.807, 2.05) is 43.3 Å². The molecular weight excluding hydrogens is 474 g/mol. The van der Waals surface area contributed by atoms with Crippen molar-refractivity contribution in [1.29, 1.82) is 0 Å². The maximum absolute atomic E-state index is 12.8. The maximum atomic E-state index is 12.8. The van der Waals surface area contributed by atoms with E-state index in [-0.39, 0.29) is 12.5 Å². The highest BCUT2D eigenvalue weighted by Crippen LogP contribution is 2.33. The van der Waals surface area contributed by atoms with Crippen molar-refractivity contribution in [2.24, 2.45) is 0 Å². The predicted octanol–water partition coefficient (Wildman–Crippen LogP) is 6.69. The van der Waals surface area contributed by atoms with E-state index in [2.05, 4.69) is 52.0 Å². The van der Waals surface area contributed by atoms with Crippen LogP contribution in [0.4, 0.5) is 5.69 Å². The number of aromatic nitrogens is 4. The van der Waals surface area contributed by atoms with Crippen molar-refractivity contribution in [3.8, 4) is 21.0 Å². The zero-order valence-corrected chi connectivity index (χ0v) is 20.8. The number of carbonyl (C=O) groups excluding carboxylic acids is 1. The zero-order valence-electron chi connectivity index (χ0n) is 19.1. The molecule has 0 aliphatic rings. The van der Waals surface area contributed by atoms with Gasteiger partial charge in [-0.2, -0.15) is 5.10 Å². The number of thiazole rings is 1. The summed E-state index contributed by atoms with van der Waals surface area (Å²) in [4.78, 5) is 23.3. The van der Waals surface area contributed by atoms with Crippen LogP contribution in [0, 0.1) is 13.8 Å². The van der Waals surface area contributed by atoms with Crippen molar-refractivity contribution in [1.82, 2.24) is 19.7 Å². The highest BCUT2D eigenvalue weighted by molar-refractivity contribution is 7.21. The molecule has 172 valence electrons. The van der Waals surface area contributed by atoms with E-state index in [1.54, 1.807) is 33.6 Å². The molecule has 8 heteroatoms. The number of fused-ring (bicyclic) bond motifs is 2. The fourth-order valence-corrected chi connectivity index (χ4v) is 6.04. The van der Waals surface area contributed by atoms with E-state index in [0.717, 1.165) is 43.3 Å². The highest BCUT2D eigenvalue weighted by Gasteiger charge is 2.16. The van der Waals surface area contributed by atoms with Gasteiger partial charge in [0.25, 0.3) is 0 Å². The van der Waals surface area contributed by atoms with Gasteiger partial charge in [0, 0.05) is 27.9 Å². The second kappa shape index (κ2) is 8.72. The number of aryl methyl sites for hydroxylation is 2. The normalized spacial score (nSPS) is 11.4. The number of carbonyl (C=O) groups is 1. The summed E-state index contributed by atoms with van der Waals surface area (Å²) in [6.07, 6.45) is 1.77. The van der Waals surface area contributed by atoms with Crippen LogP contribution < -0.4 is 5.32 Å². The van der Waals surface area contributed by atoms with Gasteiger partial charge in [-0.3, -0.25) is 4.79 Å². The molecule has 0 fully saturated rings. The first-order valence-electron chi connectivity index (χ1n) is 11.2. The van der Waals surface area contributed by atoms with Gasteiger partial charge >= 0.3 is 0 Å². The predicted molar refractivity (Wildman–Crippen MR) is 144 cm³/mol. The van der Waals surface area contributed by atoms with Crippen LogP contribution in [-0.2, 0) is 11.3 Å². The van der Waals surface area contributed by atoms with Crippen LogP contribution in [0.25, 0.3) is 42.3 Å². The molecule has 35 heavy (non-hydrogen) atoms. The number of anilines is 1. The summed E-state index contributed by atoms with van der Waals surface area (Å²) < 4.78 is 2.85. The molecule has 1 amide bonds. The van der Waals surface area contributed by atoms with Gasteiger partial charge in [-0.25, -0.2) is 14.6 Å². The molecule has 0 radical (unpaired) electrons. The summed E-state index contributed by atoms with van der Waals surface area (Å²) in [6, 6.07) is 20.2. The molecule has 0 spiro atoms. The molecular formula is C27H21N5OS2. The molecule has 1 N–H and O–H groups in total. The standard InChI is InChI=1S/C27H21N5OS2/c1-16-5-10-21-23(14-16)35-27(30-21)18-6-8-19(9-7-18)29-24(33)15-32-26-25(17(2)31-32)20(11-12-28-26)22-4-3-13-34-22/h3-14H,15H2,1-2H3,(H,29,33). The molecule has 0 bridgehead atoms. The molecule has 0 aliphatic carbocycles. The minimum absolute atomic E-state index is 0.0875. The number of benzene rings is 2. The third-order valence-corrected chi connectivity index (χ3v) is 7.82. The first kappa shape index (κ1) is 21.6. The first-order chi connectivity index (χ1) is 17.0. The molecule has 6 rings (SSSR count). The van der Waals surface area contributed by atoms with E-state index in [4.69, 9.17) is 4.98 Å². The molecule has 0 atom stereocenters. The average Bonchev–Trinajstić information content (AvgIpc) is 3.59. The summed E-state index contributed by atoms with van der Waals surface area (Å²) in [5, 5.41) is 11.6. The monoisotopic (exact) mass is 495 g/mol. The number of hydrogen-bond acceptors (Lipinski definition) is 6. The Labute approximate surface area is 209 Å². The molecule has 0 aliphatic heterocycles. The Balaban J connectivity index is 1.20. The van der Waals surface area contributed by atoms with Crippen LogP contribution in [0.15, 0.2) is 72.2 Å². The van der Waals surface area contributed by atoms with E-state index in [1.165, 1.54) is 10.3 Å². The third-order valence-electron chi connectivity index (χ3n) is 5.85. The lowest BCUT2D eigenvalue weighted by Crippen LogP contribution is -2.19. The van der Waals surface area contributed by atoms with Gasteiger partial charge in [0.2, 0.25) is 5.91 Å². The first-order valence-corrected chi connectivity index (χ1v) is 12.9. The Morgan fingerprint density at radius 3 is 2.71 bits per heavy atom. The van der Waals surface area contributed by atoms with Gasteiger partial charge in [-0.05, 0) is 73.3 Å². The molecule has 2 aromatic carbocycles. The summed E-state index contributed by atoms with van der Waals surface area (Å²) >= 11 is 3.35. The average molecular weight is 496 g/mol. The number of thiophene rings is 1.